The minimum absolute atomic E-state index is 0.566. The molecule has 0 amide bonds. The van der Waals surface area contributed by atoms with E-state index in [-0.39, 0.29) is 0 Å². The number of nitrogens with one attached hydrogen (secondary N) is 1. The maximum Gasteiger partial charge on any atom is 0.239 e. The maximum atomic E-state index is 5.86. The molecule has 0 aromatic carbocycles. The molecule has 2 rings (SSSR count). The zero-order valence-electron chi connectivity index (χ0n) is 11.3. The Balaban J connectivity index is 1.87. The summed E-state index contributed by atoms with van der Waals surface area (Å²) in [6.07, 6.45) is 3.67. The highest BCUT2D eigenvalue weighted by Gasteiger charge is 2.22. The van der Waals surface area contributed by atoms with Crippen LogP contribution in [0.3, 0.4) is 0 Å². The van der Waals surface area contributed by atoms with Crippen molar-refractivity contribution in [1.29, 1.82) is 0 Å². The number of nitrogen functional groups attached to an aromatic ring is 1. The number of anilines is 2. The summed E-state index contributed by atoms with van der Waals surface area (Å²) in [6.45, 7) is 6.09. The van der Waals surface area contributed by atoms with Crippen LogP contribution in [0.25, 0.3) is 0 Å². The maximum absolute atomic E-state index is 5.86. The largest absolute Gasteiger partial charge is 0.476 e. The van der Waals surface area contributed by atoms with E-state index in [1.54, 1.807) is 0 Å². The molecule has 0 spiro atoms. The molecule has 0 saturated heterocycles. The van der Waals surface area contributed by atoms with Gasteiger partial charge in [0.2, 0.25) is 5.88 Å². The molecule has 1 heterocycles. The van der Waals surface area contributed by atoms with Crippen LogP contribution in [0.1, 0.15) is 33.1 Å². The summed E-state index contributed by atoms with van der Waals surface area (Å²) in [5.41, 5.74) is 6.47. The number of aromatic nitrogens is 1. The van der Waals surface area contributed by atoms with Crippen LogP contribution in [0.15, 0.2) is 12.1 Å². The van der Waals surface area contributed by atoms with E-state index < -0.39 is 0 Å². The summed E-state index contributed by atoms with van der Waals surface area (Å²) in [5.74, 6) is 2.81. The first-order chi connectivity index (χ1) is 8.65. The molecule has 1 aromatic rings. The van der Waals surface area contributed by atoms with E-state index in [4.69, 9.17) is 10.5 Å². The van der Waals surface area contributed by atoms with E-state index in [1.807, 2.05) is 12.1 Å². The molecule has 0 unspecified atom stereocenters. The van der Waals surface area contributed by atoms with E-state index in [2.05, 4.69) is 24.1 Å². The van der Waals surface area contributed by atoms with Crippen LogP contribution in [0, 0.1) is 11.8 Å². The van der Waals surface area contributed by atoms with Crippen molar-refractivity contribution in [2.45, 2.75) is 33.1 Å². The predicted octanol–water partition coefficient (Wildman–Crippen LogP) is 2.91. The lowest BCUT2D eigenvalue weighted by Gasteiger charge is -2.11. The van der Waals surface area contributed by atoms with Crippen LogP contribution in [-0.4, -0.2) is 18.1 Å². The van der Waals surface area contributed by atoms with Crippen molar-refractivity contribution in [3.8, 4) is 5.88 Å². The van der Waals surface area contributed by atoms with Gasteiger partial charge < -0.3 is 15.8 Å². The number of ether oxygens (including phenoxy) is 1. The minimum atomic E-state index is 0.566. The normalized spacial score (nSPS) is 14.8. The van der Waals surface area contributed by atoms with Crippen LogP contribution < -0.4 is 15.8 Å². The Kier molecular flexibility index (Phi) is 4.28. The quantitative estimate of drug-likeness (QED) is 0.780. The molecule has 0 radical (unpaired) electrons. The molecule has 0 bridgehead atoms. The van der Waals surface area contributed by atoms with Gasteiger partial charge in [0.1, 0.15) is 5.82 Å². The molecule has 3 N–H and O–H groups in total. The van der Waals surface area contributed by atoms with Gasteiger partial charge >= 0.3 is 0 Å². The fraction of sp³-hybridized carbons (Fsp3) is 0.643. The van der Waals surface area contributed by atoms with Crippen molar-refractivity contribution in [3.05, 3.63) is 12.1 Å². The van der Waals surface area contributed by atoms with Gasteiger partial charge in [-0.2, -0.15) is 4.98 Å². The lowest BCUT2D eigenvalue weighted by molar-refractivity contribution is 0.290. The number of pyridine rings is 1. The second kappa shape index (κ2) is 5.94. The highest BCUT2D eigenvalue weighted by atomic mass is 16.5. The van der Waals surface area contributed by atoms with Crippen molar-refractivity contribution >= 4 is 11.5 Å². The molecule has 4 nitrogen and oxygen atoms in total. The van der Waals surface area contributed by atoms with Gasteiger partial charge in [-0.05, 0) is 43.2 Å². The van der Waals surface area contributed by atoms with Gasteiger partial charge in [0.15, 0.2) is 0 Å². The van der Waals surface area contributed by atoms with Crippen LogP contribution in [-0.2, 0) is 0 Å². The van der Waals surface area contributed by atoms with Gasteiger partial charge in [0.25, 0.3) is 0 Å². The van der Waals surface area contributed by atoms with E-state index in [1.165, 1.54) is 12.8 Å². The molecular weight excluding hydrogens is 226 g/mol. The summed E-state index contributed by atoms with van der Waals surface area (Å²) in [5, 5.41) is 3.30. The average Bonchev–Trinajstić information content (AvgIpc) is 3.13. The molecule has 4 heteroatoms. The Hall–Kier alpha value is -1.45. The molecular formula is C14H23N3O. The average molecular weight is 249 g/mol. The fourth-order valence-corrected chi connectivity index (χ4v) is 1.64. The van der Waals surface area contributed by atoms with Gasteiger partial charge in [-0.3, -0.25) is 0 Å². The van der Waals surface area contributed by atoms with Crippen molar-refractivity contribution in [3.63, 3.8) is 0 Å². The molecule has 18 heavy (non-hydrogen) atoms. The number of rotatable bonds is 7. The van der Waals surface area contributed by atoms with Crippen molar-refractivity contribution in [1.82, 2.24) is 4.98 Å². The monoisotopic (exact) mass is 249 g/mol. The first-order valence-corrected chi connectivity index (χ1v) is 6.78. The molecule has 0 atom stereocenters. The van der Waals surface area contributed by atoms with Gasteiger partial charge in [-0.15, -0.1) is 0 Å². The highest BCUT2D eigenvalue weighted by molar-refractivity contribution is 5.53. The third-order valence-corrected chi connectivity index (χ3v) is 3.07. The van der Waals surface area contributed by atoms with Crippen LogP contribution in [0.2, 0.25) is 0 Å². The first-order valence-electron chi connectivity index (χ1n) is 6.78. The molecule has 1 saturated carbocycles. The smallest absolute Gasteiger partial charge is 0.239 e. The minimum Gasteiger partial charge on any atom is -0.476 e. The van der Waals surface area contributed by atoms with Crippen LogP contribution in [0.4, 0.5) is 11.5 Å². The second-order valence-electron chi connectivity index (χ2n) is 5.45. The Labute approximate surface area is 109 Å². The number of hydrogen-bond acceptors (Lipinski definition) is 4. The lowest BCUT2D eigenvalue weighted by atomic mass is 10.1. The molecule has 1 fully saturated rings. The number of nitrogens with two attached hydrogens (primary N) is 1. The number of nitrogens with zero attached hydrogens (tertiary/aromatic N) is 1. The van der Waals surface area contributed by atoms with E-state index in [0.29, 0.717) is 23.4 Å². The third kappa shape index (κ3) is 4.09. The van der Waals surface area contributed by atoms with Gasteiger partial charge in [-0.1, -0.05) is 13.8 Å². The molecule has 1 aliphatic carbocycles. The summed E-state index contributed by atoms with van der Waals surface area (Å²) in [6, 6.07) is 3.76. The molecule has 1 aromatic heterocycles. The predicted molar refractivity (Wildman–Crippen MR) is 74.8 cm³/mol. The van der Waals surface area contributed by atoms with Gasteiger partial charge in [0.05, 0.1) is 12.3 Å². The van der Waals surface area contributed by atoms with Crippen LogP contribution in [0.5, 0.6) is 5.88 Å². The zero-order chi connectivity index (χ0) is 13.0. The Bertz CT molecular complexity index is 389. The van der Waals surface area contributed by atoms with E-state index in [0.717, 1.165) is 25.4 Å². The SMILES string of the molecule is CC(C)CCNc1ccc(N)c(OCC2CC2)n1. The van der Waals surface area contributed by atoms with Crippen molar-refractivity contribution < 1.29 is 4.74 Å². The first kappa shape index (κ1) is 13.0. The Morgan fingerprint density at radius 1 is 1.44 bits per heavy atom. The molecule has 100 valence electrons. The summed E-state index contributed by atoms with van der Waals surface area (Å²) in [4.78, 5) is 4.41. The molecule has 0 aliphatic heterocycles. The van der Waals surface area contributed by atoms with Gasteiger partial charge in [-0.25, -0.2) is 0 Å². The molecule has 1 aliphatic rings. The Morgan fingerprint density at radius 3 is 2.89 bits per heavy atom. The van der Waals surface area contributed by atoms with Gasteiger partial charge in [0, 0.05) is 6.54 Å². The summed E-state index contributed by atoms with van der Waals surface area (Å²) < 4.78 is 5.65. The summed E-state index contributed by atoms with van der Waals surface area (Å²) in [7, 11) is 0. The topological polar surface area (TPSA) is 60.2 Å². The highest BCUT2D eigenvalue weighted by Crippen LogP contribution is 2.30. The third-order valence-electron chi connectivity index (χ3n) is 3.07. The second-order valence-corrected chi connectivity index (χ2v) is 5.45. The number of hydrogen-bond donors (Lipinski definition) is 2. The van der Waals surface area contributed by atoms with E-state index in [9.17, 15) is 0 Å². The lowest BCUT2D eigenvalue weighted by Crippen LogP contribution is -2.09. The summed E-state index contributed by atoms with van der Waals surface area (Å²) >= 11 is 0. The van der Waals surface area contributed by atoms with Crippen LogP contribution >= 0.6 is 0 Å². The van der Waals surface area contributed by atoms with Crippen molar-refractivity contribution in [2.24, 2.45) is 11.8 Å². The fourth-order valence-electron chi connectivity index (χ4n) is 1.64. The standard InChI is InChI=1S/C14H23N3O/c1-10(2)7-8-16-13-6-5-12(15)14(17-13)18-9-11-3-4-11/h5-6,10-11H,3-4,7-9,15H2,1-2H3,(H,16,17). The van der Waals surface area contributed by atoms with E-state index >= 15 is 0 Å². The zero-order valence-corrected chi connectivity index (χ0v) is 11.3. The Morgan fingerprint density at radius 2 is 2.22 bits per heavy atom. The van der Waals surface area contributed by atoms with Crippen molar-refractivity contribution in [2.75, 3.05) is 24.2 Å².